The van der Waals surface area contributed by atoms with Crippen LogP contribution in [-0.4, -0.2) is 30.0 Å². The Kier molecular flexibility index (Phi) is 5.91. The van der Waals surface area contributed by atoms with Crippen molar-refractivity contribution in [2.75, 3.05) is 13.1 Å². The molecule has 1 aliphatic rings. The molecule has 1 fully saturated rings. The average Bonchev–Trinajstić information content (AvgIpc) is 2.97. The molecule has 1 atom stereocenters. The molecule has 0 aliphatic carbocycles. The molecule has 0 radical (unpaired) electrons. The summed E-state index contributed by atoms with van der Waals surface area (Å²) in [6.07, 6.45) is 4.09. The van der Waals surface area contributed by atoms with Gasteiger partial charge in [-0.05, 0) is 55.2 Å². The number of carbonyl (C=O) groups is 1. The van der Waals surface area contributed by atoms with Crippen molar-refractivity contribution in [1.82, 2.24) is 4.90 Å². The van der Waals surface area contributed by atoms with Crippen LogP contribution in [-0.2, 0) is 4.79 Å². The van der Waals surface area contributed by atoms with Gasteiger partial charge in [0.1, 0.15) is 5.75 Å². The van der Waals surface area contributed by atoms with Crippen LogP contribution in [0.5, 0.6) is 5.75 Å². The summed E-state index contributed by atoms with van der Waals surface area (Å²) in [7, 11) is 0. The number of hydrogen-bond acceptors (Lipinski definition) is 3. The predicted octanol–water partition coefficient (Wildman–Crippen LogP) is 4.40. The van der Waals surface area contributed by atoms with Gasteiger partial charge in [-0.2, -0.15) is 5.26 Å². The molecular weight excluding hydrogens is 324 g/mol. The normalized spacial score (nSPS) is 15.6. The van der Waals surface area contributed by atoms with Crippen LogP contribution >= 0.6 is 0 Å². The van der Waals surface area contributed by atoms with E-state index in [0.29, 0.717) is 11.3 Å². The molecule has 4 nitrogen and oxygen atoms in total. The topological polar surface area (TPSA) is 53.3 Å². The van der Waals surface area contributed by atoms with Gasteiger partial charge in [-0.1, -0.05) is 37.1 Å². The third kappa shape index (κ3) is 4.43. The van der Waals surface area contributed by atoms with Gasteiger partial charge in [-0.3, -0.25) is 4.79 Å². The minimum atomic E-state index is -0.478. The van der Waals surface area contributed by atoms with Gasteiger partial charge in [0.15, 0.2) is 6.10 Å². The quantitative estimate of drug-likeness (QED) is 0.823. The Labute approximate surface area is 155 Å². The number of ether oxygens (including phenoxy) is 1. The van der Waals surface area contributed by atoms with Crippen LogP contribution in [0.15, 0.2) is 48.5 Å². The molecule has 4 heteroatoms. The second-order valence-corrected chi connectivity index (χ2v) is 6.71. The van der Waals surface area contributed by atoms with Gasteiger partial charge >= 0.3 is 0 Å². The molecule has 1 saturated heterocycles. The second-order valence-electron chi connectivity index (χ2n) is 6.71. The Bertz CT molecular complexity index is 767. The zero-order valence-electron chi connectivity index (χ0n) is 15.1. The zero-order chi connectivity index (χ0) is 18.4. The molecule has 0 aromatic heterocycles. The summed E-state index contributed by atoms with van der Waals surface area (Å²) in [5.41, 5.74) is 2.74. The van der Waals surface area contributed by atoms with Crippen molar-refractivity contribution in [2.24, 2.45) is 0 Å². The molecule has 1 unspecified atom stereocenters. The molecular formula is C22H24N2O2. The fourth-order valence-electron chi connectivity index (χ4n) is 3.27. The lowest BCUT2D eigenvalue weighted by Crippen LogP contribution is -2.40. The van der Waals surface area contributed by atoms with Crippen LogP contribution < -0.4 is 4.74 Å². The van der Waals surface area contributed by atoms with Crippen molar-refractivity contribution in [2.45, 2.75) is 38.7 Å². The van der Waals surface area contributed by atoms with Crippen molar-refractivity contribution in [3.63, 3.8) is 0 Å². The van der Waals surface area contributed by atoms with E-state index in [2.05, 4.69) is 6.07 Å². The van der Waals surface area contributed by atoms with E-state index in [1.54, 1.807) is 0 Å². The summed E-state index contributed by atoms with van der Waals surface area (Å²) < 4.78 is 5.86. The highest BCUT2D eigenvalue weighted by molar-refractivity contribution is 5.81. The Morgan fingerprint density at radius 3 is 2.04 bits per heavy atom. The van der Waals surface area contributed by atoms with Gasteiger partial charge in [-0.25, -0.2) is 0 Å². The summed E-state index contributed by atoms with van der Waals surface area (Å²) >= 11 is 0. The number of carbonyl (C=O) groups excluding carboxylic acids is 1. The van der Waals surface area contributed by atoms with Crippen molar-refractivity contribution >= 4 is 5.91 Å². The minimum absolute atomic E-state index is 0.0723. The van der Waals surface area contributed by atoms with Crippen LogP contribution in [0.25, 0.3) is 11.1 Å². The highest BCUT2D eigenvalue weighted by Crippen LogP contribution is 2.23. The molecule has 1 heterocycles. The summed E-state index contributed by atoms with van der Waals surface area (Å²) in [5, 5.41) is 8.88. The number of likely N-dealkylation sites (tertiary alicyclic amines) is 1. The molecule has 2 aromatic rings. The second kappa shape index (κ2) is 8.53. The highest BCUT2D eigenvalue weighted by atomic mass is 16.5. The minimum Gasteiger partial charge on any atom is -0.481 e. The number of benzene rings is 2. The van der Waals surface area contributed by atoms with Gasteiger partial charge in [0.05, 0.1) is 11.6 Å². The van der Waals surface area contributed by atoms with Gasteiger partial charge < -0.3 is 9.64 Å². The maximum atomic E-state index is 12.6. The van der Waals surface area contributed by atoms with Crippen LogP contribution in [0.1, 0.15) is 38.2 Å². The molecule has 1 amide bonds. The first-order valence-corrected chi connectivity index (χ1v) is 9.23. The number of nitriles is 1. The van der Waals surface area contributed by atoms with E-state index in [4.69, 9.17) is 10.00 Å². The first-order valence-electron chi connectivity index (χ1n) is 9.23. The first kappa shape index (κ1) is 18.0. The summed E-state index contributed by atoms with van der Waals surface area (Å²) in [4.78, 5) is 14.5. The van der Waals surface area contributed by atoms with E-state index >= 15 is 0 Å². The third-order valence-corrected chi connectivity index (χ3v) is 4.78. The predicted molar refractivity (Wildman–Crippen MR) is 102 cm³/mol. The molecule has 0 spiro atoms. The summed E-state index contributed by atoms with van der Waals surface area (Å²) in [6, 6.07) is 17.3. The SMILES string of the molecule is CC(Oc1ccc(-c2ccc(C#N)cc2)cc1)C(=O)N1CCCCCC1. The number of nitrogens with zero attached hydrogens (tertiary/aromatic N) is 2. The Morgan fingerprint density at radius 1 is 0.962 bits per heavy atom. The Hall–Kier alpha value is -2.80. The lowest BCUT2D eigenvalue weighted by molar-refractivity contribution is -0.137. The largest absolute Gasteiger partial charge is 0.481 e. The van der Waals surface area contributed by atoms with Crippen molar-refractivity contribution in [3.8, 4) is 22.9 Å². The average molecular weight is 348 g/mol. The lowest BCUT2D eigenvalue weighted by Gasteiger charge is -2.24. The number of rotatable bonds is 4. The zero-order valence-corrected chi connectivity index (χ0v) is 15.1. The molecule has 0 N–H and O–H groups in total. The van der Waals surface area contributed by atoms with Crippen molar-refractivity contribution < 1.29 is 9.53 Å². The van der Waals surface area contributed by atoms with Crippen molar-refractivity contribution in [1.29, 1.82) is 5.26 Å². The maximum Gasteiger partial charge on any atom is 0.263 e. The fraction of sp³-hybridized carbons (Fsp3) is 0.364. The van der Waals surface area contributed by atoms with E-state index < -0.39 is 6.10 Å². The van der Waals surface area contributed by atoms with E-state index in [0.717, 1.165) is 37.1 Å². The standard InChI is InChI=1S/C22H24N2O2/c1-17(22(25)24-14-4-2-3-5-15-24)26-21-12-10-20(11-13-21)19-8-6-18(16-23)7-9-19/h6-13,17H,2-5,14-15H2,1H3. The summed E-state index contributed by atoms with van der Waals surface area (Å²) in [5.74, 6) is 0.765. The monoisotopic (exact) mass is 348 g/mol. The molecule has 134 valence electrons. The smallest absolute Gasteiger partial charge is 0.263 e. The summed E-state index contributed by atoms with van der Waals surface area (Å²) in [6.45, 7) is 3.50. The van der Waals surface area contributed by atoms with Crippen molar-refractivity contribution in [3.05, 3.63) is 54.1 Å². The van der Waals surface area contributed by atoms with Gasteiger partial charge in [0, 0.05) is 13.1 Å². The molecule has 26 heavy (non-hydrogen) atoms. The van der Waals surface area contributed by atoms with Crippen LogP contribution in [0, 0.1) is 11.3 Å². The number of amides is 1. The van der Waals surface area contributed by atoms with Gasteiger partial charge in [0.2, 0.25) is 0 Å². The lowest BCUT2D eigenvalue weighted by atomic mass is 10.0. The molecule has 3 rings (SSSR count). The number of hydrogen-bond donors (Lipinski definition) is 0. The maximum absolute atomic E-state index is 12.6. The van der Waals surface area contributed by atoms with E-state index in [-0.39, 0.29) is 5.91 Å². The van der Waals surface area contributed by atoms with Crippen LogP contribution in [0.2, 0.25) is 0 Å². The third-order valence-electron chi connectivity index (χ3n) is 4.78. The molecule has 0 bridgehead atoms. The van der Waals surface area contributed by atoms with Crippen LogP contribution in [0.3, 0.4) is 0 Å². The van der Waals surface area contributed by atoms with E-state index in [1.165, 1.54) is 12.8 Å². The fourth-order valence-corrected chi connectivity index (χ4v) is 3.27. The molecule has 0 saturated carbocycles. The van der Waals surface area contributed by atoms with Gasteiger partial charge in [-0.15, -0.1) is 0 Å². The Morgan fingerprint density at radius 2 is 1.50 bits per heavy atom. The Balaban J connectivity index is 1.62. The van der Waals surface area contributed by atoms with E-state index in [1.807, 2.05) is 60.4 Å². The van der Waals surface area contributed by atoms with Gasteiger partial charge in [0.25, 0.3) is 5.91 Å². The highest BCUT2D eigenvalue weighted by Gasteiger charge is 2.22. The molecule has 2 aromatic carbocycles. The first-order chi connectivity index (χ1) is 12.7. The molecule has 1 aliphatic heterocycles. The van der Waals surface area contributed by atoms with Crippen LogP contribution in [0.4, 0.5) is 0 Å². The van der Waals surface area contributed by atoms with E-state index in [9.17, 15) is 4.79 Å².